The van der Waals surface area contributed by atoms with Crippen molar-refractivity contribution < 1.29 is 14.3 Å². The maximum absolute atomic E-state index is 12.9. The quantitative estimate of drug-likeness (QED) is 0.375. The summed E-state index contributed by atoms with van der Waals surface area (Å²) in [7, 11) is 1.64. The summed E-state index contributed by atoms with van der Waals surface area (Å²) in [6.07, 6.45) is 0.397. The van der Waals surface area contributed by atoms with E-state index in [1.807, 2.05) is 66.7 Å². The van der Waals surface area contributed by atoms with Crippen LogP contribution in [0.5, 0.6) is 11.5 Å². The lowest BCUT2D eigenvalue weighted by Crippen LogP contribution is -2.25. The number of anilines is 1. The second-order valence-corrected chi connectivity index (χ2v) is 8.40. The zero-order valence-corrected chi connectivity index (χ0v) is 19.0. The van der Waals surface area contributed by atoms with Gasteiger partial charge in [0.05, 0.1) is 35.4 Å². The van der Waals surface area contributed by atoms with Crippen LogP contribution < -0.4 is 14.4 Å². The maximum atomic E-state index is 12.9. The number of amides is 1. The third-order valence-corrected chi connectivity index (χ3v) is 6.28. The predicted molar refractivity (Wildman–Crippen MR) is 129 cm³/mol. The van der Waals surface area contributed by atoms with Crippen molar-refractivity contribution in [1.29, 1.82) is 0 Å². The lowest BCUT2D eigenvalue weighted by atomic mass is 10.1. The Hall–Kier alpha value is -3.51. The number of hydrogen-bond donors (Lipinski definition) is 0. The molecule has 1 aliphatic rings. The van der Waals surface area contributed by atoms with E-state index in [0.717, 1.165) is 34.0 Å². The minimum absolute atomic E-state index is 0.0258. The minimum Gasteiger partial charge on any atom is -0.497 e. The molecule has 2 heterocycles. The van der Waals surface area contributed by atoms with Crippen LogP contribution in [0.1, 0.15) is 18.2 Å². The molecular formula is C26H24ClN3O3. The molecule has 0 saturated carbocycles. The first-order valence-corrected chi connectivity index (χ1v) is 11.3. The zero-order chi connectivity index (χ0) is 22.8. The summed E-state index contributed by atoms with van der Waals surface area (Å²) in [6.45, 7) is 1.65. The largest absolute Gasteiger partial charge is 0.497 e. The van der Waals surface area contributed by atoms with E-state index in [2.05, 4.69) is 10.6 Å². The van der Waals surface area contributed by atoms with E-state index in [0.29, 0.717) is 31.1 Å². The fraction of sp³-hybridized carbons (Fsp3) is 0.231. The van der Waals surface area contributed by atoms with E-state index < -0.39 is 0 Å². The maximum Gasteiger partial charge on any atom is 0.227 e. The van der Waals surface area contributed by atoms with E-state index in [9.17, 15) is 4.79 Å². The Labute approximate surface area is 197 Å². The molecule has 1 aromatic heterocycles. The Morgan fingerprint density at radius 2 is 1.73 bits per heavy atom. The van der Waals surface area contributed by atoms with Crippen LogP contribution in [-0.4, -0.2) is 35.7 Å². The third kappa shape index (κ3) is 4.26. The SMILES string of the molecule is COc1ccc(OCCn2c([C@@H]3CC(=O)N(c4ccccc4Cl)C3)nc3ccccc32)cc1. The summed E-state index contributed by atoms with van der Waals surface area (Å²) in [6, 6.07) is 23.0. The number of methoxy groups -OCH3 is 1. The predicted octanol–water partition coefficient (Wildman–Crippen LogP) is 5.30. The highest BCUT2D eigenvalue weighted by atomic mass is 35.5. The van der Waals surface area contributed by atoms with Crippen molar-refractivity contribution in [2.45, 2.75) is 18.9 Å². The summed E-state index contributed by atoms with van der Waals surface area (Å²) in [5, 5.41) is 0.577. The number of carbonyl (C=O) groups is 1. The van der Waals surface area contributed by atoms with Crippen molar-refractivity contribution in [2.75, 3.05) is 25.2 Å². The first kappa shape index (κ1) is 21.3. The molecule has 5 rings (SSSR count). The molecule has 0 spiro atoms. The second kappa shape index (κ2) is 9.16. The van der Waals surface area contributed by atoms with E-state index in [4.69, 9.17) is 26.1 Å². The average molecular weight is 462 g/mol. The van der Waals surface area contributed by atoms with Crippen LogP contribution in [0.4, 0.5) is 5.69 Å². The Morgan fingerprint density at radius 3 is 2.52 bits per heavy atom. The van der Waals surface area contributed by atoms with E-state index in [1.165, 1.54) is 0 Å². The number of halogens is 1. The van der Waals surface area contributed by atoms with Gasteiger partial charge in [0.1, 0.15) is 23.9 Å². The smallest absolute Gasteiger partial charge is 0.227 e. The van der Waals surface area contributed by atoms with Crippen molar-refractivity contribution in [3.8, 4) is 11.5 Å². The van der Waals surface area contributed by atoms with Crippen LogP contribution in [0.2, 0.25) is 5.02 Å². The molecule has 0 aliphatic carbocycles. The summed E-state index contributed by atoms with van der Waals surface area (Å²) in [4.78, 5) is 19.6. The molecule has 0 bridgehead atoms. The van der Waals surface area contributed by atoms with Crippen LogP contribution in [0.3, 0.4) is 0 Å². The van der Waals surface area contributed by atoms with Gasteiger partial charge in [-0.25, -0.2) is 4.98 Å². The van der Waals surface area contributed by atoms with Crippen molar-refractivity contribution in [3.05, 3.63) is 83.6 Å². The van der Waals surface area contributed by atoms with E-state index >= 15 is 0 Å². The number of fused-ring (bicyclic) bond motifs is 1. The molecule has 3 aromatic carbocycles. The number of carbonyl (C=O) groups excluding carboxylic acids is 1. The fourth-order valence-corrected chi connectivity index (χ4v) is 4.59. The highest BCUT2D eigenvalue weighted by molar-refractivity contribution is 6.33. The van der Waals surface area contributed by atoms with Crippen molar-refractivity contribution >= 4 is 34.2 Å². The van der Waals surface area contributed by atoms with E-state index in [-0.39, 0.29) is 11.8 Å². The molecule has 1 atom stereocenters. The molecule has 33 heavy (non-hydrogen) atoms. The lowest BCUT2D eigenvalue weighted by Gasteiger charge is -2.18. The van der Waals surface area contributed by atoms with Gasteiger partial charge in [-0.3, -0.25) is 4.79 Å². The zero-order valence-electron chi connectivity index (χ0n) is 18.3. The molecule has 7 heteroatoms. The third-order valence-electron chi connectivity index (χ3n) is 5.96. The number of benzene rings is 3. The molecule has 168 valence electrons. The van der Waals surface area contributed by atoms with Crippen LogP contribution in [0.15, 0.2) is 72.8 Å². The molecule has 6 nitrogen and oxygen atoms in total. The Balaban J connectivity index is 1.38. The molecule has 1 fully saturated rings. The molecule has 4 aromatic rings. The normalized spacial score (nSPS) is 15.9. The molecule has 0 N–H and O–H groups in total. The number of para-hydroxylation sites is 3. The minimum atomic E-state index is -0.0258. The van der Waals surface area contributed by atoms with Crippen LogP contribution in [0, 0.1) is 0 Å². The number of rotatable bonds is 7. The first-order chi connectivity index (χ1) is 16.1. The average Bonchev–Trinajstić information content (AvgIpc) is 3.40. The van der Waals surface area contributed by atoms with Crippen molar-refractivity contribution in [3.63, 3.8) is 0 Å². The Bertz CT molecular complexity index is 1290. The monoisotopic (exact) mass is 461 g/mol. The molecule has 0 radical (unpaired) electrons. The van der Waals surface area contributed by atoms with Crippen LogP contribution >= 0.6 is 11.6 Å². The van der Waals surface area contributed by atoms with Crippen molar-refractivity contribution in [1.82, 2.24) is 9.55 Å². The standard InChI is InChI=1S/C26H24ClN3O3/c1-32-19-10-12-20(13-11-19)33-15-14-29-24-9-5-3-7-22(24)28-26(29)18-16-25(31)30(17-18)23-8-4-2-6-21(23)27/h2-13,18H,14-17H2,1H3/t18-/m1/s1. The summed E-state index contributed by atoms with van der Waals surface area (Å²) in [5.74, 6) is 2.50. The topological polar surface area (TPSA) is 56.6 Å². The van der Waals surface area contributed by atoms with Gasteiger partial charge in [-0.05, 0) is 48.5 Å². The molecular weight excluding hydrogens is 438 g/mol. The summed E-state index contributed by atoms with van der Waals surface area (Å²) >= 11 is 6.37. The van der Waals surface area contributed by atoms with Gasteiger partial charge in [0, 0.05) is 18.9 Å². The summed E-state index contributed by atoms with van der Waals surface area (Å²) < 4.78 is 13.3. The number of aromatic nitrogens is 2. The van der Waals surface area contributed by atoms with E-state index in [1.54, 1.807) is 12.0 Å². The fourth-order valence-electron chi connectivity index (χ4n) is 4.35. The van der Waals surface area contributed by atoms with Crippen molar-refractivity contribution in [2.24, 2.45) is 0 Å². The highest BCUT2D eigenvalue weighted by Gasteiger charge is 2.35. The molecule has 0 unspecified atom stereocenters. The second-order valence-electron chi connectivity index (χ2n) is 7.99. The molecule has 1 amide bonds. The highest BCUT2D eigenvalue weighted by Crippen LogP contribution is 2.36. The lowest BCUT2D eigenvalue weighted by molar-refractivity contribution is -0.117. The number of nitrogens with zero attached hydrogens (tertiary/aromatic N) is 3. The summed E-state index contributed by atoms with van der Waals surface area (Å²) in [5.41, 5.74) is 2.70. The first-order valence-electron chi connectivity index (χ1n) is 10.9. The van der Waals surface area contributed by atoms with Gasteiger partial charge in [0.25, 0.3) is 0 Å². The van der Waals surface area contributed by atoms with Gasteiger partial charge >= 0.3 is 0 Å². The molecule has 1 aliphatic heterocycles. The van der Waals surface area contributed by atoms with Gasteiger partial charge in [-0.2, -0.15) is 0 Å². The van der Waals surface area contributed by atoms with Crippen LogP contribution in [0.25, 0.3) is 11.0 Å². The van der Waals surface area contributed by atoms with Gasteiger partial charge in [0.2, 0.25) is 5.91 Å². The molecule has 1 saturated heterocycles. The van der Waals surface area contributed by atoms with Crippen LogP contribution in [-0.2, 0) is 11.3 Å². The number of ether oxygens (including phenoxy) is 2. The van der Waals surface area contributed by atoms with Gasteiger partial charge in [-0.1, -0.05) is 35.9 Å². The van der Waals surface area contributed by atoms with Gasteiger partial charge < -0.3 is 18.9 Å². The van der Waals surface area contributed by atoms with Gasteiger partial charge in [0.15, 0.2) is 0 Å². The van der Waals surface area contributed by atoms with Gasteiger partial charge in [-0.15, -0.1) is 0 Å². The number of hydrogen-bond acceptors (Lipinski definition) is 4. The Morgan fingerprint density at radius 1 is 1.00 bits per heavy atom. The number of imidazole rings is 1. The Kier molecular flexibility index (Phi) is 5.92.